The van der Waals surface area contributed by atoms with Crippen LogP contribution in [0.5, 0.6) is 5.75 Å². The first-order valence-electron chi connectivity index (χ1n) is 7.24. The molecule has 0 fully saturated rings. The zero-order valence-corrected chi connectivity index (χ0v) is 13.0. The summed E-state index contributed by atoms with van der Waals surface area (Å²) in [6, 6.07) is 9.95. The molecule has 7 heteroatoms. The van der Waals surface area contributed by atoms with Crippen molar-refractivity contribution in [3.05, 3.63) is 47.9 Å². The summed E-state index contributed by atoms with van der Waals surface area (Å²) in [4.78, 5) is 10.5. The van der Waals surface area contributed by atoms with Gasteiger partial charge in [-0.2, -0.15) is 9.78 Å². The molecule has 0 spiro atoms. The molecule has 0 N–H and O–H groups in total. The van der Waals surface area contributed by atoms with Gasteiger partial charge in [-0.25, -0.2) is 9.97 Å². The van der Waals surface area contributed by atoms with Gasteiger partial charge in [0.1, 0.15) is 11.8 Å². The van der Waals surface area contributed by atoms with Gasteiger partial charge in [-0.3, -0.25) is 0 Å². The molecule has 0 bridgehead atoms. The summed E-state index contributed by atoms with van der Waals surface area (Å²) in [5.41, 5.74) is 2.08. The molecule has 23 heavy (non-hydrogen) atoms. The molecule has 0 aliphatic carbocycles. The fourth-order valence-electron chi connectivity index (χ4n) is 2.28. The van der Waals surface area contributed by atoms with Gasteiger partial charge in [0.25, 0.3) is 0 Å². The Balaban J connectivity index is 1.89. The second-order valence-corrected chi connectivity index (χ2v) is 4.95. The summed E-state index contributed by atoms with van der Waals surface area (Å²) >= 11 is 0. The van der Waals surface area contributed by atoms with E-state index in [0.717, 1.165) is 17.9 Å². The largest absolute Gasteiger partial charge is 0.497 e. The minimum absolute atomic E-state index is 0.393. The topological polar surface area (TPSA) is 79.3 Å². The predicted molar refractivity (Wildman–Crippen MR) is 85.2 cm³/mol. The quantitative estimate of drug-likeness (QED) is 0.717. The van der Waals surface area contributed by atoms with E-state index in [4.69, 9.17) is 10.00 Å². The number of rotatable bonds is 5. The van der Waals surface area contributed by atoms with Crippen LogP contribution in [0.25, 0.3) is 5.65 Å². The highest BCUT2D eigenvalue weighted by molar-refractivity contribution is 5.43. The number of anilines is 1. The van der Waals surface area contributed by atoms with Crippen LogP contribution in [-0.4, -0.2) is 33.2 Å². The monoisotopic (exact) mass is 308 g/mol. The van der Waals surface area contributed by atoms with Crippen LogP contribution in [0.3, 0.4) is 0 Å². The Morgan fingerprint density at radius 2 is 2.00 bits per heavy atom. The number of nitrogens with zero attached hydrogens (tertiary/aromatic N) is 6. The normalized spacial score (nSPS) is 10.5. The lowest BCUT2D eigenvalue weighted by molar-refractivity contribution is 0.414. The molecule has 0 aliphatic heterocycles. The van der Waals surface area contributed by atoms with Crippen molar-refractivity contribution in [3.8, 4) is 11.8 Å². The first-order chi connectivity index (χ1) is 11.2. The van der Waals surface area contributed by atoms with Gasteiger partial charge in [-0.05, 0) is 24.6 Å². The average molecular weight is 308 g/mol. The Morgan fingerprint density at radius 1 is 1.22 bits per heavy atom. The zero-order valence-electron chi connectivity index (χ0n) is 13.0. The SMILES string of the molecule is CCN(Cc1ccc(OC)cc1)c1ncc2ncc(C#N)n2n1. The lowest BCUT2D eigenvalue weighted by Gasteiger charge is -2.20. The summed E-state index contributed by atoms with van der Waals surface area (Å²) in [6.45, 7) is 3.45. The molecule has 2 heterocycles. The van der Waals surface area contributed by atoms with Gasteiger partial charge in [0.05, 0.1) is 19.5 Å². The molecular weight excluding hydrogens is 292 g/mol. The van der Waals surface area contributed by atoms with Crippen LogP contribution in [0.4, 0.5) is 5.95 Å². The van der Waals surface area contributed by atoms with Crippen LogP contribution < -0.4 is 9.64 Å². The van der Waals surface area contributed by atoms with Crippen molar-refractivity contribution < 1.29 is 4.74 Å². The molecule has 2 aromatic heterocycles. The number of hydrogen-bond acceptors (Lipinski definition) is 6. The van der Waals surface area contributed by atoms with Crippen LogP contribution in [0.2, 0.25) is 0 Å². The van der Waals surface area contributed by atoms with Gasteiger partial charge in [0.2, 0.25) is 5.95 Å². The number of fused-ring (bicyclic) bond motifs is 1. The van der Waals surface area contributed by atoms with Crippen molar-refractivity contribution in [2.45, 2.75) is 13.5 Å². The highest BCUT2D eigenvalue weighted by Crippen LogP contribution is 2.16. The van der Waals surface area contributed by atoms with E-state index in [1.165, 1.54) is 10.7 Å². The Labute approximate surface area is 133 Å². The molecule has 0 atom stereocenters. The third-order valence-electron chi connectivity index (χ3n) is 3.56. The summed E-state index contributed by atoms with van der Waals surface area (Å²) < 4.78 is 6.68. The third-order valence-corrected chi connectivity index (χ3v) is 3.56. The second-order valence-electron chi connectivity index (χ2n) is 4.95. The van der Waals surface area contributed by atoms with E-state index >= 15 is 0 Å². The van der Waals surface area contributed by atoms with Gasteiger partial charge in [0.15, 0.2) is 11.3 Å². The van der Waals surface area contributed by atoms with E-state index < -0.39 is 0 Å². The molecule has 0 saturated heterocycles. The predicted octanol–water partition coefficient (Wildman–Crippen LogP) is 2.03. The van der Waals surface area contributed by atoms with Crippen molar-refractivity contribution in [2.24, 2.45) is 0 Å². The van der Waals surface area contributed by atoms with Crippen molar-refractivity contribution >= 4 is 11.6 Å². The van der Waals surface area contributed by atoms with Gasteiger partial charge >= 0.3 is 0 Å². The fraction of sp³-hybridized carbons (Fsp3) is 0.250. The molecule has 0 aliphatic rings. The molecule has 0 amide bonds. The number of hydrogen-bond donors (Lipinski definition) is 0. The number of nitriles is 1. The fourth-order valence-corrected chi connectivity index (χ4v) is 2.28. The molecule has 3 rings (SSSR count). The first-order valence-corrected chi connectivity index (χ1v) is 7.24. The third kappa shape index (κ3) is 2.92. The van der Waals surface area contributed by atoms with Crippen molar-refractivity contribution in [1.29, 1.82) is 5.26 Å². The maximum Gasteiger partial charge on any atom is 0.244 e. The van der Waals surface area contributed by atoms with Crippen molar-refractivity contribution in [3.63, 3.8) is 0 Å². The smallest absolute Gasteiger partial charge is 0.244 e. The molecule has 0 saturated carbocycles. The van der Waals surface area contributed by atoms with Gasteiger partial charge in [0, 0.05) is 13.1 Å². The molecule has 3 aromatic rings. The number of benzene rings is 1. The van der Waals surface area contributed by atoms with Crippen LogP contribution in [0, 0.1) is 11.3 Å². The van der Waals surface area contributed by atoms with Crippen LogP contribution in [0.15, 0.2) is 36.7 Å². The summed E-state index contributed by atoms with van der Waals surface area (Å²) in [7, 11) is 1.65. The van der Waals surface area contributed by atoms with Crippen molar-refractivity contribution in [1.82, 2.24) is 19.6 Å². The summed E-state index contributed by atoms with van der Waals surface area (Å²) in [5.74, 6) is 1.39. The van der Waals surface area contributed by atoms with Crippen molar-refractivity contribution in [2.75, 3.05) is 18.6 Å². The van der Waals surface area contributed by atoms with Gasteiger partial charge in [-0.15, -0.1) is 5.10 Å². The second kappa shape index (κ2) is 6.32. The highest BCUT2D eigenvalue weighted by Gasteiger charge is 2.12. The molecule has 116 valence electrons. The van der Waals surface area contributed by atoms with E-state index in [2.05, 4.69) is 21.1 Å². The standard InChI is InChI=1S/C16H16N6O/c1-3-21(11-12-4-6-14(23-2)7-5-12)16-19-10-15-18-9-13(8-17)22(15)20-16/h4-7,9-10H,3,11H2,1-2H3. The Hall–Kier alpha value is -3.14. The van der Waals surface area contributed by atoms with Crippen LogP contribution >= 0.6 is 0 Å². The molecule has 1 aromatic carbocycles. The summed E-state index contributed by atoms with van der Waals surface area (Å²) in [6.07, 6.45) is 3.12. The highest BCUT2D eigenvalue weighted by atomic mass is 16.5. The van der Waals surface area contributed by atoms with Gasteiger partial charge in [-0.1, -0.05) is 12.1 Å². The number of aromatic nitrogens is 4. The number of methoxy groups -OCH3 is 1. The molecule has 0 unspecified atom stereocenters. The van der Waals surface area contributed by atoms with Gasteiger partial charge < -0.3 is 9.64 Å². The molecule has 0 radical (unpaired) electrons. The maximum atomic E-state index is 9.10. The minimum Gasteiger partial charge on any atom is -0.497 e. The Morgan fingerprint density at radius 3 is 2.65 bits per heavy atom. The first kappa shape index (κ1) is 14.8. The van der Waals surface area contributed by atoms with Crippen LogP contribution in [-0.2, 0) is 6.54 Å². The Bertz CT molecular complexity index is 849. The lowest BCUT2D eigenvalue weighted by atomic mass is 10.2. The van der Waals surface area contributed by atoms with E-state index in [-0.39, 0.29) is 0 Å². The van der Waals surface area contributed by atoms with E-state index in [0.29, 0.717) is 23.8 Å². The molecular formula is C16H16N6O. The van der Waals surface area contributed by atoms with E-state index in [1.54, 1.807) is 13.3 Å². The maximum absolute atomic E-state index is 9.10. The van der Waals surface area contributed by atoms with E-state index in [9.17, 15) is 0 Å². The lowest BCUT2D eigenvalue weighted by Crippen LogP contribution is -2.25. The zero-order chi connectivity index (χ0) is 16.2. The number of ether oxygens (including phenoxy) is 1. The number of imidazole rings is 1. The molecule has 7 nitrogen and oxygen atoms in total. The van der Waals surface area contributed by atoms with E-state index in [1.807, 2.05) is 36.1 Å². The minimum atomic E-state index is 0.393. The summed E-state index contributed by atoms with van der Waals surface area (Å²) in [5, 5.41) is 13.5. The van der Waals surface area contributed by atoms with Crippen LogP contribution in [0.1, 0.15) is 18.2 Å². The Kier molecular flexibility index (Phi) is 4.06. The average Bonchev–Trinajstić information content (AvgIpc) is 3.02.